The summed E-state index contributed by atoms with van der Waals surface area (Å²) in [6.07, 6.45) is -0.725. The molecule has 4 nitrogen and oxygen atoms in total. The summed E-state index contributed by atoms with van der Waals surface area (Å²) in [4.78, 5) is 11.3. The van der Waals surface area contributed by atoms with Gasteiger partial charge in [-0.25, -0.2) is 4.39 Å². The molecular formula is C13H19FN2O2. The standard InChI is InChI=1S/C13H19FN2O2/c1-8(15-3)10-5-6-12(11(14)7-10)18-9(2)13(17)16-4/h5-9,15H,1-4H3,(H,16,17). The Morgan fingerprint density at radius 1 is 1.33 bits per heavy atom. The van der Waals surface area contributed by atoms with Crippen LogP contribution >= 0.6 is 0 Å². The molecule has 1 amide bonds. The maximum Gasteiger partial charge on any atom is 0.260 e. The number of carbonyl (C=O) groups excluding carboxylic acids is 1. The molecule has 1 aromatic carbocycles. The highest BCUT2D eigenvalue weighted by atomic mass is 19.1. The number of rotatable bonds is 5. The third-order valence-corrected chi connectivity index (χ3v) is 2.81. The van der Waals surface area contributed by atoms with E-state index < -0.39 is 11.9 Å². The molecule has 18 heavy (non-hydrogen) atoms. The number of halogens is 1. The summed E-state index contributed by atoms with van der Waals surface area (Å²) in [7, 11) is 3.32. The van der Waals surface area contributed by atoms with Crippen LogP contribution < -0.4 is 15.4 Å². The molecule has 100 valence electrons. The Morgan fingerprint density at radius 3 is 2.50 bits per heavy atom. The molecule has 2 N–H and O–H groups in total. The van der Waals surface area contributed by atoms with Crippen molar-refractivity contribution < 1.29 is 13.9 Å². The fourth-order valence-electron chi connectivity index (χ4n) is 1.50. The Bertz CT molecular complexity index is 423. The molecule has 0 saturated heterocycles. The van der Waals surface area contributed by atoms with Crippen molar-refractivity contribution in [1.82, 2.24) is 10.6 Å². The molecule has 5 heteroatoms. The van der Waals surface area contributed by atoms with Crippen LogP contribution in [0.5, 0.6) is 5.75 Å². The van der Waals surface area contributed by atoms with E-state index in [1.165, 1.54) is 19.2 Å². The van der Waals surface area contributed by atoms with Crippen molar-refractivity contribution >= 4 is 5.91 Å². The van der Waals surface area contributed by atoms with Crippen LogP contribution in [0.25, 0.3) is 0 Å². The molecular weight excluding hydrogens is 235 g/mol. The summed E-state index contributed by atoms with van der Waals surface area (Å²) in [5, 5.41) is 5.47. The predicted molar refractivity (Wildman–Crippen MR) is 68.0 cm³/mol. The lowest BCUT2D eigenvalue weighted by Gasteiger charge is -2.16. The van der Waals surface area contributed by atoms with E-state index in [1.807, 2.05) is 6.92 Å². The number of likely N-dealkylation sites (N-methyl/N-ethyl adjacent to an activating group) is 1. The van der Waals surface area contributed by atoms with Crippen LogP contribution in [0.2, 0.25) is 0 Å². The van der Waals surface area contributed by atoms with Gasteiger partial charge in [-0.05, 0) is 38.6 Å². The molecule has 0 aromatic heterocycles. The van der Waals surface area contributed by atoms with Gasteiger partial charge in [0.2, 0.25) is 0 Å². The fourth-order valence-corrected chi connectivity index (χ4v) is 1.50. The number of hydrogen-bond acceptors (Lipinski definition) is 3. The Hall–Kier alpha value is -1.62. The van der Waals surface area contributed by atoms with Crippen LogP contribution in [0.15, 0.2) is 18.2 Å². The Morgan fingerprint density at radius 2 is 2.00 bits per heavy atom. The second kappa shape index (κ2) is 6.35. The summed E-state index contributed by atoms with van der Waals surface area (Å²) in [6, 6.07) is 4.78. The quantitative estimate of drug-likeness (QED) is 0.839. The van der Waals surface area contributed by atoms with Gasteiger partial charge in [-0.2, -0.15) is 0 Å². The molecule has 1 rings (SSSR count). The zero-order valence-electron chi connectivity index (χ0n) is 11.1. The normalized spacial score (nSPS) is 13.8. The van der Waals surface area contributed by atoms with Gasteiger partial charge in [-0.3, -0.25) is 4.79 Å². The molecule has 0 heterocycles. The van der Waals surface area contributed by atoms with E-state index in [1.54, 1.807) is 20.0 Å². The van der Waals surface area contributed by atoms with E-state index in [4.69, 9.17) is 4.74 Å². The topological polar surface area (TPSA) is 50.4 Å². The molecule has 0 fully saturated rings. The first-order chi connectivity index (χ1) is 8.49. The van der Waals surface area contributed by atoms with Crippen molar-refractivity contribution in [1.29, 1.82) is 0 Å². The fraction of sp³-hybridized carbons (Fsp3) is 0.462. The average molecular weight is 254 g/mol. The van der Waals surface area contributed by atoms with Gasteiger partial charge < -0.3 is 15.4 Å². The van der Waals surface area contributed by atoms with E-state index in [-0.39, 0.29) is 17.7 Å². The number of benzene rings is 1. The summed E-state index contributed by atoms with van der Waals surface area (Å²) in [5.41, 5.74) is 0.829. The van der Waals surface area contributed by atoms with Crippen molar-refractivity contribution in [3.63, 3.8) is 0 Å². The Labute approximate surface area is 107 Å². The molecule has 2 atom stereocenters. The van der Waals surface area contributed by atoms with Gasteiger partial charge in [0.25, 0.3) is 5.91 Å². The highest BCUT2D eigenvalue weighted by molar-refractivity contribution is 5.80. The van der Waals surface area contributed by atoms with E-state index in [0.29, 0.717) is 0 Å². The van der Waals surface area contributed by atoms with Crippen LogP contribution in [0, 0.1) is 5.82 Å². The number of ether oxygens (including phenoxy) is 1. The van der Waals surface area contributed by atoms with Crippen molar-refractivity contribution in [3.05, 3.63) is 29.6 Å². The minimum absolute atomic E-state index is 0.0601. The van der Waals surface area contributed by atoms with Gasteiger partial charge in [0.1, 0.15) is 0 Å². The van der Waals surface area contributed by atoms with E-state index in [0.717, 1.165) is 5.56 Å². The molecule has 0 aliphatic heterocycles. The average Bonchev–Trinajstić information content (AvgIpc) is 2.38. The molecule has 0 spiro atoms. The largest absolute Gasteiger partial charge is 0.478 e. The van der Waals surface area contributed by atoms with Gasteiger partial charge >= 0.3 is 0 Å². The highest BCUT2D eigenvalue weighted by Crippen LogP contribution is 2.22. The summed E-state index contributed by atoms with van der Waals surface area (Å²) >= 11 is 0. The lowest BCUT2D eigenvalue weighted by Crippen LogP contribution is -2.33. The van der Waals surface area contributed by atoms with E-state index in [9.17, 15) is 9.18 Å². The SMILES string of the molecule is CNC(=O)C(C)Oc1ccc(C(C)NC)cc1F. The van der Waals surface area contributed by atoms with Gasteiger partial charge in [0.05, 0.1) is 0 Å². The minimum atomic E-state index is -0.725. The third kappa shape index (κ3) is 3.43. The van der Waals surface area contributed by atoms with Gasteiger partial charge in [0.15, 0.2) is 17.7 Å². The zero-order valence-corrected chi connectivity index (χ0v) is 11.1. The first kappa shape index (κ1) is 14.4. The van der Waals surface area contributed by atoms with E-state index in [2.05, 4.69) is 10.6 Å². The van der Waals surface area contributed by atoms with Crippen LogP contribution in [0.4, 0.5) is 4.39 Å². The van der Waals surface area contributed by atoms with Crippen LogP contribution in [0.3, 0.4) is 0 Å². The molecule has 0 radical (unpaired) electrons. The summed E-state index contributed by atoms with van der Waals surface area (Å²) in [5.74, 6) is -0.675. The van der Waals surface area contributed by atoms with Crippen LogP contribution in [0.1, 0.15) is 25.5 Å². The first-order valence-electron chi connectivity index (χ1n) is 5.84. The lowest BCUT2D eigenvalue weighted by molar-refractivity contribution is -0.126. The Balaban J connectivity index is 2.83. The monoisotopic (exact) mass is 254 g/mol. The molecule has 0 saturated carbocycles. The molecule has 0 aliphatic rings. The Kier molecular flexibility index (Phi) is 5.09. The summed E-state index contributed by atoms with van der Waals surface area (Å²) in [6.45, 7) is 3.50. The zero-order chi connectivity index (χ0) is 13.7. The number of hydrogen-bond donors (Lipinski definition) is 2. The van der Waals surface area contributed by atoms with Crippen molar-refractivity contribution in [2.45, 2.75) is 26.0 Å². The van der Waals surface area contributed by atoms with Crippen molar-refractivity contribution in [2.24, 2.45) is 0 Å². The maximum atomic E-state index is 13.8. The molecule has 1 aromatic rings. The van der Waals surface area contributed by atoms with Crippen LogP contribution in [-0.4, -0.2) is 26.1 Å². The second-order valence-electron chi connectivity index (χ2n) is 4.07. The minimum Gasteiger partial charge on any atom is -0.478 e. The third-order valence-electron chi connectivity index (χ3n) is 2.81. The van der Waals surface area contributed by atoms with Crippen LogP contribution in [-0.2, 0) is 4.79 Å². The number of carbonyl (C=O) groups is 1. The number of amides is 1. The van der Waals surface area contributed by atoms with Gasteiger partial charge in [-0.15, -0.1) is 0 Å². The summed E-state index contributed by atoms with van der Waals surface area (Å²) < 4.78 is 19.0. The highest BCUT2D eigenvalue weighted by Gasteiger charge is 2.15. The van der Waals surface area contributed by atoms with Gasteiger partial charge in [-0.1, -0.05) is 6.07 Å². The first-order valence-corrected chi connectivity index (χ1v) is 5.84. The van der Waals surface area contributed by atoms with Gasteiger partial charge in [0, 0.05) is 13.1 Å². The number of nitrogens with one attached hydrogen (secondary N) is 2. The molecule has 2 unspecified atom stereocenters. The lowest BCUT2D eigenvalue weighted by atomic mass is 10.1. The second-order valence-corrected chi connectivity index (χ2v) is 4.07. The molecule has 0 aliphatic carbocycles. The predicted octanol–water partition coefficient (Wildman–Crippen LogP) is 1.62. The molecule has 0 bridgehead atoms. The smallest absolute Gasteiger partial charge is 0.260 e. The van der Waals surface area contributed by atoms with E-state index >= 15 is 0 Å². The van der Waals surface area contributed by atoms with Crippen molar-refractivity contribution in [3.8, 4) is 5.75 Å². The maximum absolute atomic E-state index is 13.8. The van der Waals surface area contributed by atoms with Crippen molar-refractivity contribution in [2.75, 3.05) is 14.1 Å².